The Morgan fingerprint density at radius 1 is 1.03 bits per heavy atom. The predicted molar refractivity (Wildman–Crippen MR) is 112 cm³/mol. The molecule has 0 amide bonds. The van der Waals surface area contributed by atoms with E-state index in [2.05, 4.69) is 15.8 Å². The van der Waals surface area contributed by atoms with Gasteiger partial charge in [0.2, 0.25) is 0 Å². The number of anilines is 1. The first-order valence-electron chi connectivity index (χ1n) is 9.84. The molecule has 3 aromatic rings. The molecule has 150 valence electrons. The van der Waals surface area contributed by atoms with E-state index in [0.717, 1.165) is 29.8 Å². The molecule has 0 atom stereocenters. The molecule has 1 aliphatic carbocycles. The molecule has 7 heteroatoms. The summed E-state index contributed by atoms with van der Waals surface area (Å²) in [5, 5.41) is 0. The maximum absolute atomic E-state index is 11.9. The molecule has 1 heterocycles. The minimum Gasteiger partial charge on any atom is -0.490 e. The van der Waals surface area contributed by atoms with Gasteiger partial charge in [-0.3, -0.25) is 14.3 Å². The molecule has 2 aromatic carbocycles. The number of hydrogen-bond donors (Lipinski definition) is 3. The summed E-state index contributed by atoms with van der Waals surface area (Å²) in [6.45, 7) is 0.606. The third-order valence-electron chi connectivity index (χ3n) is 5.00. The average molecular weight is 392 g/mol. The molecule has 0 radical (unpaired) electrons. The molecule has 0 spiro atoms. The van der Waals surface area contributed by atoms with Crippen molar-refractivity contribution >= 4 is 5.69 Å². The number of aromatic amines is 1. The summed E-state index contributed by atoms with van der Waals surface area (Å²) < 4.78 is 7.43. The van der Waals surface area contributed by atoms with Crippen LogP contribution in [0.4, 0.5) is 5.69 Å². The maximum Gasteiger partial charge on any atom is 0.332 e. The van der Waals surface area contributed by atoms with Gasteiger partial charge in [-0.1, -0.05) is 18.2 Å². The van der Waals surface area contributed by atoms with E-state index in [1.165, 1.54) is 29.7 Å². The highest BCUT2D eigenvalue weighted by atomic mass is 16.5. The van der Waals surface area contributed by atoms with Crippen LogP contribution in [0.3, 0.4) is 0 Å². The zero-order chi connectivity index (χ0) is 20.1. The number of hydrogen-bond acceptors (Lipinski definition) is 5. The maximum atomic E-state index is 11.9. The Kier molecular flexibility index (Phi) is 5.76. The first kappa shape index (κ1) is 19.0. The lowest BCUT2D eigenvalue weighted by atomic mass is 10.2. The van der Waals surface area contributed by atoms with E-state index in [9.17, 15) is 9.59 Å². The van der Waals surface area contributed by atoms with E-state index in [-0.39, 0.29) is 0 Å². The second-order valence-corrected chi connectivity index (χ2v) is 7.18. The van der Waals surface area contributed by atoms with Gasteiger partial charge in [0.15, 0.2) is 0 Å². The summed E-state index contributed by atoms with van der Waals surface area (Å²) in [6.07, 6.45) is 6.58. The van der Waals surface area contributed by atoms with Crippen LogP contribution in [0.15, 0.2) is 70.4 Å². The molecule has 4 rings (SSSR count). The van der Waals surface area contributed by atoms with E-state index in [1.807, 2.05) is 48.5 Å². The van der Waals surface area contributed by atoms with E-state index in [0.29, 0.717) is 18.3 Å². The van der Waals surface area contributed by atoms with Crippen molar-refractivity contribution < 1.29 is 4.74 Å². The lowest BCUT2D eigenvalue weighted by molar-refractivity contribution is 0.210. The quantitative estimate of drug-likeness (QED) is 0.538. The van der Waals surface area contributed by atoms with Gasteiger partial charge in [-0.05, 0) is 55.5 Å². The van der Waals surface area contributed by atoms with Crippen molar-refractivity contribution in [2.75, 3.05) is 5.43 Å². The predicted octanol–water partition coefficient (Wildman–Crippen LogP) is 2.96. The number of benzene rings is 2. The van der Waals surface area contributed by atoms with Crippen molar-refractivity contribution in [2.24, 2.45) is 0 Å². The lowest BCUT2D eigenvalue weighted by Gasteiger charge is -2.15. The highest BCUT2D eigenvalue weighted by Gasteiger charge is 2.16. The van der Waals surface area contributed by atoms with Gasteiger partial charge < -0.3 is 10.2 Å². The Morgan fingerprint density at radius 2 is 1.83 bits per heavy atom. The van der Waals surface area contributed by atoms with Crippen molar-refractivity contribution in [2.45, 2.75) is 38.3 Å². The molecule has 29 heavy (non-hydrogen) atoms. The van der Waals surface area contributed by atoms with Crippen LogP contribution in [0.25, 0.3) is 5.69 Å². The molecule has 0 unspecified atom stereocenters. The molecule has 7 nitrogen and oxygen atoms in total. The number of H-pyrrole nitrogens is 1. The Hall–Kier alpha value is -3.32. The van der Waals surface area contributed by atoms with Crippen LogP contribution < -0.4 is 26.8 Å². The van der Waals surface area contributed by atoms with Crippen molar-refractivity contribution in [1.29, 1.82) is 0 Å². The Labute approximate surface area is 168 Å². The number of nitrogens with one attached hydrogen (secondary N) is 3. The molecule has 0 bridgehead atoms. The first-order valence-corrected chi connectivity index (χ1v) is 9.84. The van der Waals surface area contributed by atoms with Gasteiger partial charge in [-0.25, -0.2) is 10.2 Å². The van der Waals surface area contributed by atoms with Crippen molar-refractivity contribution in [1.82, 2.24) is 15.0 Å². The second-order valence-electron chi connectivity index (χ2n) is 7.18. The number of aromatic nitrogens is 2. The molecular formula is C22H24N4O3. The molecule has 1 saturated carbocycles. The third-order valence-corrected chi connectivity index (χ3v) is 5.00. The van der Waals surface area contributed by atoms with Gasteiger partial charge in [0.25, 0.3) is 5.56 Å². The molecule has 0 saturated heterocycles. The fraction of sp³-hybridized carbons (Fsp3) is 0.273. The van der Waals surface area contributed by atoms with Crippen LogP contribution in [-0.2, 0) is 6.54 Å². The molecular weight excluding hydrogens is 368 g/mol. The highest BCUT2D eigenvalue weighted by Crippen LogP contribution is 2.25. The summed E-state index contributed by atoms with van der Waals surface area (Å²) in [7, 11) is 0. The van der Waals surface area contributed by atoms with E-state index in [4.69, 9.17) is 4.74 Å². The number of rotatable bonds is 7. The van der Waals surface area contributed by atoms with Gasteiger partial charge in [0.1, 0.15) is 5.75 Å². The largest absolute Gasteiger partial charge is 0.490 e. The lowest BCUT2D eigenvalue weighted by Crippen LogP contribution is -2.27. The van der Waals surface area contributed by atoms with Gasteiger partial charge in [0, 0.05) is 24.9 Å². The monoisotopic (exact) mass is 392 g/mol. The van der Waals surface area contributed by atoms with Gasteiger partial charge in [-0.15, -0.1) is 0 Å². The zero-order valence-corrected chi connectivity index (χ0v) is 16.1. The second kappa shape index (κ2) is 8.79. The minimum atomic E-state index is -0.454. The average Bonchev–Trinajstić information content (AvgIpc) is 3.22. The first-order chi connectivity index (χ1) is 14.2. The third kappa shape index (κ3) is 4.94. The van der Waals surface area contributed by atoms with Gasteiger partial charge in [-0.2, -0.15) is 0 Å². The summed E-state index contributed by atoms with van der Waals surface area (Å²) in [4.78, 5) is 25.3. The van der Waals surface area contributed by atoms with Crippen LogP contribution in [0, 0.1) is 0 Å². The van der Waals surface area contributed by atoms with E-state index >= 15 is 0 Å². The van der Waals surface area contributed by atoms with Crippen LogP contribution in [0.5, 0.6) is 5.75 Å². The number of hydrazine groups is 1. The van der Waals surface area contributed by atoms with E-state index in [1.54, 1.807) is 0 Å². The summed E-state index contributed by atoms with van der Waals surface area (Å²) in [5.41, 5.74) is 8.22. The fourth-order valence-electron chi connectivity index (χ4n) is 3.49. The number of nitrogens with zero attached hydrogens (tertiary/aromatic N) is 1. The Balaban J connectivity index is 1.32. The van der Waals surface area contributed by atoms with Crippen LogP contribution in [0.1, 0.15) is 31.2 Å². The molecule has 0 aliphatic heterocycles. The minimum absolute atomic E-state index is 0.340. The highest BCUT2D eigenvalue weighted by molar-refractivity contribution is 5.47. The Bertz CT molecular complexity index is 1070. The van der Waals surface area contributed by atoms with Crippen LogP contribution in [-0.4, -0.2) is 15.7 Å². The summed E-state index contributed by atoms with van der Waals surface area (Å²) in [6, 6.07) is 16.8. The molecule has 3 N–H and O–H groups in total. The topological polar surface area (TPSA) is 88.2 Å². The Morgan fingerprint density at radius 3 is 2.59 bits per heavy atom. The van der Waals surface area contributed by atoms with Crippen LogP contribution >= 0.6 is 0 Å². The smallest absolute Gasteiger partial charge is 0.332 e. The van der Waals surface area contributed by atoms with Crippen molar-refractivity contribution in [3.8, 4) is 11.4 Å². The standard InChI is InChI=1S/C22H24N4O3/c27-21-12-13-26(22(28)24-21)18-10-8-16(9-11-18)15-23-25-17-4-3-7-20(14-17)29-19-5-1-2-6-19/h3-4,7-14,19,23,25H,1-2,5-6,15H2,(H,24,27,28). The fourth-order valence-corrected chi connectivity index (χ4v) is 3.49. The van der Waals surface area contributed by atoms with Gasteiger partial charge in [0.05, 0.1) is 17.5 Å². The normalized spacial score (nSPS) is 14.1. The van der Waals surface area contributed by atoms with Crippen molar-refractivity contribution in [3.05, 3.63) is 87.2 Å². The molecule has 1 fully saturated rings. The van der Waals surface area contributed by atoms with E-state index < -0.39 is 11.2 Å². The molecule has 1 aromatic heterocycles. The number of ether oxygens (including phenoxy) is 1. The van der Waals surface area contributed by atoms with Gasteiger partial charge >= 0.3 is 5.69 Å². The van der Waals surface area contributed by atoms with Crippen molar-refractivity contribution in [3.63, 3.8) is 0 Å². The molecule has 1 aliphatic rings. The van der Waals surface area contributed by atoms with Crippen LogP contribution in [0.2, 0.25) is 0 Å². The summed E-state index contributed by atoms with van der Waals surface area (Å²) >= 11 is 0. The zero-order valence-electron chi connectivity index (χ0n) is 16.1. The summed E-state index contributed by atoms with van der Waals surface area (Å²) in [5.74, 6) is 0.888. The SMILES string of the molecule is O=c1ccn(-c2ccc(CNNc3cccc(OC4CCCC4)c3)cc2)c(=O)[nH]1.